The molecule has 132 valence electrons. The largest absolute Gasteiger partial charge is 0.444 e. The first-order valence-electron chi connectivity index (χ1n) is 8.75. The van der Waals surface area contributed by atoms with Crippen LogP contribution in [0.15, 0.2) is 24.3 Å². The van der Waals surface area contributed by atoms with Gasteiger partial charge in [0.05, 0.1) is 0 Å². The van der Waals surface area contributed by atoms with Gasteiger partial charge >= 0.3 is 6.09 Å². The van der Waals surface area contributed by atoms with Gasteiger partial charge in [0.2, 0.25) is 0 Å². The van der Waals surface area contributed by atoms with Gasteiger partial charge in [-0.25, -0.2) is 4.79 Å². The number of carbonyl (C=O) groups excluding carboxylic acids is 1. The first-order chi connectivity index (χ1) is 11.2. The number of nitrogens with zero attached hydrogens (tertiary/aromatic N) is 1. The topological polar surface area (TPSA) is 41.6 Å². The lowest BCUT2D eigenvalue weighted by Gasteiger charge is -2.52. The fourth-order valence-corrected chi connectivity index (χ4v) is 3.99. The van der Waals surface area contributed by atoms with Crippen molar-refractivity contribution in [1.29, 1.82) is 0 Å². The standard InChI is InChI=1S/C19H27ClN2O2/c1-18(2,3)24-17(23)22-9-7-19(8-10-22)12-16(13-19)21-15-6-4-5-14(20)11-15/h4-6,11,16,21H,7-10,12-13H2,1-3H3. The van der Waals surface area contributed by atoms with E-state index in [1.54, 1.807) is 0 Å². The molecule has 2 fully saturated rings. The number of hydrogen-bond acceptors (Lipinski definition) is 3. The lowest BCUT2D eigenvalue weighted by atomic mass is 9.60. The molecule has 1 saturated heterocycles. The molecular formula is C19H27ClN2O2. The molecule has 0 bridgehead atoms. The smallest absolute Gasteiger partial charge is 0.410 e. The zero-order chi connectivity index (χ0) is 17.4. The molecule has 0 radical (unpaired) electrons. The third-order valence-corrected chi connectivity index (χ3v) is 5.27. The van der Waals surface area contributed by atoms with Crippen molar-refractivity contribution in [1.82, 2.24) is 4.90 Å². The second-order valence-electron chi connectivity index (χ2n) is 8.23. The molecule has 4 nitrogen and oxygen atoms in total. The maximum absolute atomic E-state index is 12.1. The Morgan fingerprint density at radius 1 is 1.29 bits per heavy atom. The molecule has 3 rings (SSSR count). The fraction of sp³-hybridized carbons (Fsp3) is 0.632. The van der Waals surface area contributed by atoms with Crippen LogP contribution in [-0.4, -0.2) is 35.7 Å². The Balaban J connectivity index is 1.46. The lowest BCUT2D eigenvalue weighted by molar-refractivity contribution is -0.00859. The quantitative estimate of drug-likeness (QED) is 0.822. The number of benzene rings is 1. The number of nitrogens with one attached hydrogen (secondary N) is 1. The zero-order valence-electron chi connectivity index (χ0n) is 14.8. The molecule has 1 aromatic rings. The van der Waals surface area contributed by atoms with E-state index in [0.29, 0.717) is 11.5 Å². The van der Waals surface area contributed by atoms with E-state index < -0.39 is 5.60 Å². The summed E-state index contributed by atoms with van der Waals surface area (Å²) in [5.41, 5.74) is 1.07. The second-order valence-corrected chi connectivity index (χ2v) is 8.66. The Hall–Kier alpha value is -1.42. The molecule has 1 aromatic carbocycles. The van der Waals surface area contributed by atoms with Crippen molar-refractivity contribution >= 4 is 23.4 Å². The summed E-state index contributed by atoms with van der Waals surface area (Å²) in [6.07, 6.45) is 4.30. The van der Waals surface area contributed by atoms with Gasteiger partial charge < -0.3 is 15.0 Å². The van der Waals surface area contributed by atoms with Crippen LogP contribution in [0.3, 0.4) is 0 Å². The third-order valence-electron chi connectivity index (χ3n) is 5.03. The molecule has 1 N–H and O–H groups in total. The molecule has 1 spiro atoms. The highest BCUT2D eigenvalue weighted by atomic mass is 35.5. The first-order valence-corrected chi connectivity index (χ1v) is 9.13. The lowest BCUT2D eigenvalue weighted by Crippen LogP contribution is -2.53. The van der Waals surface area contributed by atoms with E-state index in [-0.39, 0.29) is 6.09 Å². The Morgan fingerprint density at radius 3 is 2.54 bits per heavy atom. The summed E-state index contributed by atoms with van der Waals surface area (Å²) in [7, 11) is 0. The van der Waals surface area contributed by atoms with Crippen LogP contribution in [0.25, 0.3) is 0 Å². The van der Waals surface area contributed by atoms with E-state index in [1.807, 2.05) is 43.9 Å². The van der Waals surface area contributed by atoms with Gasteiger partial charge in [-0.1, -0.05) is 17.7 Å². The summed E-state index contributed by atoms with van der Waals surface area (Å²) in [5.74, 6) is 0. The van der Waals surface area contributed by atoms with Gasteiger partial charge in [-0.15, -0.1) is 0 Å². The molecule has 1 aliphatic heterocycles. The predicted octanol–water partition coefficient (Wildman–Crippen LogP) is 4.93. The molecule has 0 unspecified atom stereocenters. The van der Waals surface area contributed by atoms with Crippen LogP contribution in [0.4, 0.5) is 10.5 Å². The van der Waals surface area contributed by atoms with Crippen molar-refractivity contribution in [2.45, 2.75) is 58.1 Å². The van der Waals surface area contributed by atoms with Gasteiger partial charge in [-0.2, -0.15) is 0 Å². The van der Waals surface area contributed by atoms with Gasteiger partial charge in [0.25, 0.3) is 0 Å². The molecule has 0 atom stereocenters. The van der Waals surface area contributed by atoms with E-state index in [1.165, 1.54) is 12.8 Å². The van der Waals surface area contributed by atoms with Crippen molar-refractivity contribution in [2.75, 3.05) is 18.4 Å². The van der Waals surface area contributed by atoms with Crippen LogP contribution in [-0.2, 0) is 4.74 Å². The molecule has 0 aromatic heterocycles. The van der Waals surface area contributed by atoms with E-state index in [0.717, 1.165) is 36.6 Å². The predicted molar refractivity (Wildman–Crippen MR) is 97.6 cm³/mol. The zero-order valence-corrected chi connectivity index (χ0v) is 15.5. The molecule has 1 aliphatic carbocycles. The number of rotatable bonds is 2. The number of amides is 1. The van der Waals surface area contributed by atoms with Gasteiger partial charge in [0.1, 0.15) is 5.60 Å². The molecular weight excluding hydrogens is 324 g/mol. The van der Waals surface area contributed by atoms with Crippen LogP contribution in [0.5, 0.6) is 0 Å². The van der Waals surface area contributed by atoms with Crippen molar-refractivity contribution in [3.05, 3.63) is 29.3 Å². The Bertz CT molecular complexity index is 596. The number of halogens is 1. The normalized spacial score (nSPS) is 20.6. The van der Waals surface area contributed by atoms with Crippen molar-refractivity contribution in [3.63, 3.8) is 0 Å². The number of likely N-dealkylation sites (tertiary alicyclic amines) is 1. The van der Waals surface area contributed by atoms with E-state index in [4.69, 9.17) is 16.3 Å². The van der Waals surface area contributed by atoms with Gasteiger partial charge in [0, 0.05) is 29.8 Å². The van der Waals surface area contributed by atoms with E-state index in [9.17, 15) is 4.79 Å². The summed E-state index contributed by atoms with van der Waals surface area (Å²) < 4.78 is 5.47. The minimum Gasteiger partial charge on any atom is -0.444 e. The van der Waals surface area contributed by atoms with Gasteiger partial charge in [0.15, 0.2) is 0 Å². The Morgan fingerprint density at radius 2 is 1.96 bits per heavy atom. The summed E-state index contributed by atoms with van der Waals surface area (Å²) >= 11 is 6.03. The minimum absolute atomic E-state index is 0.176. The van der Waals surface area contributed by atoms with Crippen molar-refractivity contribution < 1.29 is 9.53 Å². The second kappa shape index (κ2) is 6.47. The number of piperidine rings is 1. The van der Waals surface area contributed by atoms with E-state index >= 15 is 0 Å². The summed E-state index contributed by atoms with van der Waals surface area (Å²) in [6, 6.07) is 8.40. The summed E-state index contributed by atoms with van der Waals surface area (Å²) in [4.78, 5) is 14.0. The maximum atomic E-state index is 12.1. The van der Waals surface area contributed by atoms with Gasteiger partial charge in [-0.3, -0.25) is 0 Å². The maximum Gasteiger partial charge on any atom is 0.410 e. The molecule has 2 aliphatic rings. The summed E-state index contributed by atoms with van der Waals surface area (Å²) in [6.45, 7) is 7.34. The van der Waals surface area contributed by atoms with Crippen molar-refractivity contribution in [2.24, 2.45) is 5.41 Å². The van der Waals surface area contributed by atoms with E-state index in [2.05, 4.69) is 11.4 Å². The highest BCUT2D eigenvalue weighted by Gasteiger charge is 2.46. The van der Waals surface area contributed by atoms with Crippen LogP contribution in [0.2, 0.25) is 5.02 Å². The number of carbonyl (C=O) groups is 1. The van der Waals surface area contributed by atoms with Gasteiger partial charge in [-0.05, 0) is 70.1 Å². The molecule has 5 heteroatoms. The monoisotopic (exact) mass is 350 g/mol. The number of hydrogen-bond donors (Lipinski definition) is 1. The van der Waals surface area contributed by atoms with Crippen LogP contribution in [0, 0.1) is 5.41 Å². The average Bonchev–Trinajstić information content (AvgIpc) is 2.44. The third kappa shape index (κ3) is 4.15. The summed E-state index contributed by atoms with van der Waals surface area (Å²) in [5, 5.41) is 4.33. The molecule has 24 heavy (non-hydrogen) atoms. The molecule has 1 heterocycles. The fourth-order valence-electron chi connectivity index (χ4n) is 3.80. The highest BCUT2D eigenvalue weighted by molar-refractivity contribution is 6.30. The Labute approximate surface area is 149 Å². The van der Waals surface area contributed by atoms with Crippen LogP contribution < -0.4 is 5.32 Å². The molecule has 1 saturated carbocycles. The molecule has 1 amide bonds. The SMILES string of the molecule is CC(C)(C)OC(=O)N1CCC2(CC1)CC(Nc1cccc(Cl)c1)C2. The average molecular weight is 351 g/mol. The first kappa shape index (κ1) is 17.4. The van der Waals surface area contributed by atoms with Crippen LogP contribution in [0.1, 0.15) is 46.5 Å². The van der Waals surface area contributed by atoms with Crippen LogP contribution >= 0.6 is 11.6 Å². The number of anilines is 1. The highest BCUT2D eigenvalue weighted by Crippen LogP contribution is 2.50. The van der Waals surface area contributed by atoms with Crippen molar-refractivity contribution in [3.8, 4) is 0 Å². The Kier molecular flexibility index (Phi) is 4.69. The minimum atomic E-state index is -0.422. The number of ether oxygens (including phenoxy) is 1.